The highest BCUT2D eigenvalue weighted by molar-refractivity contribution is 5.90. The first-order valence-electron chi connectivity index (χ1n) is 7.09. The molecule has 1 aliphatic heterocycles. The number of rotatable bonds is 5. The lowest BCUT2D eigenvalue weighted by molar-refractivity contribution is 0.0679. The van der Waals surface area contributed by atoms with E-state index in [1.54, 1.807) is 0 Å². The number of amides is 1. The summed E-state index contributed by atoms with van der Waals surface area (Å²) in [5.41, 5.74) is 0. The summed E-state index contributed by atoms with van der Waals surface area (Å²) in [6.45, 7) is 4.73. The Kier molecular flexibility index (Phi) is 4.90. The molecule has 2 rings (SSSR count). The Morgan fingerprint density at radius 1 is 1.47 bits per heavy atom. The Bertz CT molecular complexity index is 409. The molecule has 0 aliphatic carbocycles. The lowest BCUT2D eigenvalue weighted by Crippen LogP contribution is -2.40. The number of H-pyrrole nitrogens is 1. The average Bonchev–Trinajstić information content (AvgIpc) is 2.88. The van der Waals surface area contributed by atoms with E-state index in [-0.39, 0.29) is 5.91 Å². The van der Waals surface area contributed by atoms with Crippen LogP contribution in [0, 0.1) is 5.92 Å². The quantitative estimate of drug-likeness (QED) is 0.827. The molecule has 0 radical (unpaired) electrons. The molecule has 1 aromatic heterocycles. The van der Waals surface area contributed by atoms with Crippen molar-refractivity contribution in [3.63, 3.8) is 0 Å². The molecule has 0 unspecified atom stereocenters. The van der Waals surface area contributed by atoms with E-state index in [0.717, 1.165) is 51.1 Å². The summed E-state index contributed by atoms with van der Waals surface area (Å²) >= 11 is 0. The molecule has 0 aromatic carbocycles. The van der Waals surface area contributed by atoms with E-state index in [9.17, 15) is 4.79 Å². The van der Waals surface area contributed by atoms with Gasteiger partial charge in [-0.2, -0.15) is 0 Å². The molecule has 1 aromatic rings. The number of aromatic nitrogens is 3. The van der Waals surface area contributed by atoms with E-state index in [4.69, 9.17) is 0 Å². The molecule has 1 aliphatic rings. The van der Waals surface area contributed by atoms with Crippen LogP contribution in [0.3, 0.4) is 0 Å². The first kappa shape index (κ1) is 14.0. The van der Waals surface area contributed by atoms with Gasteiger partial charge in [-0.1, -0.05) is 6.92 Å². The van der Waals surface area contributed by atoms with Crippen molar-refractivity contribution in [2.24, 2.45) is 5.92 Å². The second-order valence-corrected chi connectivity index (χ2v) is 5.15. The Morgan fingerprint density at radius 3 is 2.84 bits per heavy atom. The maximum atomic E-state index is 12.2. The van der Waals surface area contributed by atoms with E-state index in [2.05, 4.69) is 27.4 Å². The zero-order valence-electron chi connectivity index (χ0n) is 11.8. The number of piperidine rings is 1. The van der Waals surface area contributed by atoms with Crippen LogP contribution in [0.5, 0.6) is 0 Å². The molecular weight excluding hydrogens is 242 g/mol. The van der Waals surface area contributed by atoms with Crippen LogP contribution in [0.4, 0.5) is 0 Å². The Morgan fingerprint density at radius 2 is 2.21 bits per heavy atom. The summed E-state index contributed by atoms with van der Waals surface area (Å²) in [6, 6.07) is 0. The topological polar surface area (TPSA) is 73.9 Å². The molecule has 1 amide bonds. The number of hydrogen-bond donors (Lipinski definition) is 2. The fraction of sp³-hybridized carbons (Fsp3) is 0.769. The van der Waals surface area contributed by atoms with Gasteiger partial charge >= 0.3 is 0 Å². The van der Waals surface area contributed by atoms with Crippen LogP contribution in [0.1, 0.15) is 42.6 Å². The van der Waals surface area contributed by atoms with E-state index in [0.29, 0.717) is 11.7 Å². The molecule has 0 bridgehead atoms. The number of aryl methyl sites for hydroxylation is 1. The van der Waals surface area contributed by atoms with Crippen LogP contribution in [0.2, 0.25) is 0 Å². The van der Waals surface area contributed by atoms with E-state index >= 15 is 0 Å². The summed E-state index contributed by atoms with van der Waals surface area (Å²) in [4.78, 5) is 18.4. The van der Waals surface area contributed by atoms with Crippen molar-refractivity contribution in [1.82, 2.24) is 25.4 Å². The van der Waals surface area contributed by atoms with Crippen molar-refractivity contribution in [2.75, 3.05) is 26.7 Å². The Balaban J connectivity index is 1.89. The van der Waals surface area contributed by atoms with Gasteiger partial charge in [-0.15, -0.1) is 5.10 Å². The third kappa shape index (κ3) is 3.53. The maximum Gasteiger partial charge on any atom is 0.293 e. The van der Waals surface area contributed by atoms with Gasteiger partial charge in [-0.25, -0.2) is 4.98 Å². The van der Waals surface area contributed by atoms with Crippen molar-refractivity contribution in [1.29, 1.82) is 0 Å². The minimum atomic E-state index is -0.0403. The van der Waals surface area contributed by atoms with Crippen molar-refractivity contribution < 1.29 is 4.79 Å². The average molecular weight is 265 g/mol. The molecule has 1 saturated heterocycles. The smallest absolute Gasteiger partial charge is 0.293 e. The fourth-order valence-electron chi connectivity index (χ4n) is 2.51. The van der Waals surface area contributed by atoms with Gasteiger partial charge in [0, 0.05) is 19.5 Å². The number of hydrogen-bond acceptors (Lipinski definition) is 4. The Hall–Kier alpha value is -1.43. The second kappa shape index (κ2) is 6.65. The van der Waals surface area contributed by atoms with Crippen LogP contribution < -0.4 is 5.32 Å². The first-order valence-corrected chi connectivity index (χ1v) is 7.09. The van der Waals surface area contributed by atoms with Crippen molar-refractivity contribution >= 4 is 5.91 Å². The third-order valence-corrected chi connectivity index (χ3v) is 3.60. The zero-order valence-corrected chi connectivity index (χ0v) is 11.8. The highest BCUT2D eigenvalue weighted by atomic mass is 16.2. The molecule has 0 spiro atoms. The minimum Gasteiger partial charge on any atom is -0.336 e. The molecule has 0 atom stereocenters. The molecule has 2 heterocycles. The molecule has 6 nitrogen and oxygen atoms in total. The third-order valence-electron chi connectivity index (χ3n) is 3.60. The lowest BCUT2D eigenvalue weighted by Gasteiger charge is -2.31. The summed E-state index contributed by atoms with van der Waals surface area (Å²) in [5.74, 6) is 1.75. The molecule has 1 fully saturated rings. The number of carbonyl (C=O) groups excluding carboxylic acids is 1. The zero-order chi connectivity index (χ0) is 13.7. The van der Waals surface area contributed by atoms with Gasteiger partial charge in [0.25, 0.3) is 5.91 Å². The highest BCUT2D eigenvalue weighted by Gasteiger charge is 2.25. The molecular formula is C13H23N5O. The van der Waals surface area contributed by atoms with Crippen LogP contribution in [-0.2, 0) is 6.42 Å². The van der Waals surface area contributed by atoms with Gasteiger partial charge in [0.15, 0.2) is 0 Å². The predicted molar refractivity (Wildman–Crippen MR) is 72.9 cm³/mol. The summed E-state index contributed by atoms with van der Waals surface area (Å²) in [6.07, 6.45) is 3.94. The minimum absolute atomic E-state index is 0.0403. The molecule has 0 saturated carbocycles. The Labute approximate surface area is 114 Å². The van der Waals surface area contributed by atoms with Gasteiger partial charge < -0.3 is 10.2 Å². The maximum absolute atomic E-state index is 12.2. The predicted octanol–water partition coefficient (Wildman–Crippen LogP) is 0.829. The highest BCUT2D eigenvalue weighted by Crippen LogP contribution is 2.17. The summed E-state index contributed by atoms with van der Waals surface area (Å²) in [5, 5.41) is 10.1. The van der Waals surface area contributed by atoms with Gasteiger partial charge in [-0.3, -0.25) is 9.89 Å². The van der Waals surface area contributed by atoms with E-state index in [1.807, 2.05) is 11.9 Å². The fourth-order valence-corrected chi connectivity index (χ4v) is 2.51. The van der Waals surface area contributed by atoms with Crippen LogP contribution >= 0.6 is 0 Å². The number of likely N-dealkylation sites (tertiary alicyclic amines) is 1. The SMILES string of the molecule is CCCc1nc(C(=O)N2CCC(CNC)CC2)n[nH]1. The van der Waals surface area contributed by atoms with Crippen LogP contribution in [-0.4, -0.2) is 52.7 Å². The monoisotopic (exact) mass is 265 g/mol. The van der Waals surface area contributed by atoms with Crippen LogP contribution in [0.15, 0.2) is 0 Å². The largest absolute Gasteiger partial charge is 0.336 e. The van der Waals surface area contributed by atoms with Gasteiger partial charge in [0.1, 0.15) is 5.82 Å². The first-order chi connectivity index (χ1) is 9.24. The normalized spacial score (nSPS) is 16.8. The summed E-state index contributed by atoms with van der Waals surface area (Å²) in [7, 11) is 1.97. The van der Waals surface area contributed by atoms with Crippen molar-refractivity contribution in [2.45, 2.75) is 32.6 Å². The standard InChI is InChI=1S/C13H23N5O/c1-3-4-11-15-12(17-16-11)13(19)18-7-5-10(6-8-18)9-14-2/h10,14H,3-9H2,1-2H3,(H,15,16,17). The van der Waals surface area contributed by atoms with Crippen LogP contribution in [0.25, 0.3) is 0 Å². The molecule has 106 valence electrons. The molecule has 2 N–H and O–H groups in total. The number of nitrogens with one attached hydrogen (secondary N) is 2. The van der Waals surface area contributed by atoms with E-state index < -0.39 is 0 Å². The van der Waals surface area contributed by atoms with Gasteiger partial charge in [0.2, 0.25) is 5.82 Å². The molecule has 19 heavy (non-hydrogen) atoms. The lowest BCUT2D eigenvalue weighted by atomic mass is 9.97. The van der Waals surface area contributed by atoms with Gasteiger partial charge in [-0.05, 0) is 38.8 Å². The van der Waals surface area contributed by atoms with Crippen molar-refractivity contribution in [3.8, 4) is 0 Å². The van der Waals surface area contributed by atoms with E-state index in [1.165, 1.54) is 0 Å². The van der Waals surface area contributed by atoms with Gasteiger partial charge in [0.05, 0.1) is 0 Å². The number of aromatic amines is 1. The summed E-state index contributed by atoms with van der Waals surface area (Å²) < 4.78 is 0. The van der Waals surface area contributed by atoms with Crippen molar-refractivity contribution in [3.05, 3.63) is 11.6 Å². The second-order valence-electron chi connectivity index (χ2n) is 5.15. The number of carbonyl (C=O) groups is 1. The number of nitrogens with zero attached hydrogens (tertiary/aromatic N) is 3. The molecule has 6 heteroatoms.